The van der Waals surface area contributed by atoms with E-state index in [4.69, 9.17) is 6.57 Å². The van der Waals surface area contributed by atoms with Crippen molar-refractivity contribution in [3.8, 4) is 0 Å². The first-order valence-electron chi connectivity index (χ1n) is 4.76. The van der Waals surface area contributed by atoms with Crippen LogP contribution >= 0.6 is 0 Å². The third kappa shape index (κ3) is 2.81. The summed E-state index contributed by atoms with van der Waals surface area (Å²) in [6, 6.07) is 0. The Labute approximate surface area is 73.8 Å². The summed E-state index contributed by atoms with van der Waals surface area (Å²) < 4.78 is 12.2. The van der Waals surface area contributed by atoms with Crippen LogP contribution in [0.3, 0.4) is 0 Å². The number of halogens is 1. The second-order valence-corrected chi connectivity index (χ2v) is 3.71. The van der Waals surface area contributed by atoms with E-state index in [1.807, 2.05) is 0 Å². The predicted octanol–water partition coefficient (Wildman–Crippen LogP) is 3.07. The zero-order chi connectivity index (χ0) is 8.81. The van der Waals surface area contributed by atoms with Crippen LogP contribution in [0.2, 0.25) is 0 Å². The summed E-state index contributed by atoms with van der Waals surface area (Å²) in [6.45, 7) is 7.18. The van der Waals surface area contributed by atoms with Crippen LogP contribution in [-0.2, 0) is 0 Å². The van der Waals surface area contributed by atoms with Crippen LogP contribution in [0.5, 0.6) is 0 Å². The summed E-state index contributed by atoms with van der Waals surface area (Å²) in [4.78, 5) is 3.34. The van der Waals surface area contributed by atoms with E-state index in [1.54, 1.807) is 0 Å². The fraction of sp³-hybridized carbons (Fsp3) is 0.900. The normalized spacial score (nSPS) is 29.7. The van der Waals surface area contributed by atoms with Crippen LogP contribution in [0, 0.1) is 18.4 Å². The highest BCUT2D eigenvalue weighted by Gasteiger charge is 2.21. The molecule has 1 aliphatic rings. The first-order chi connectivity index (χ1) is 5.86. The van der Waals surface area contributed by atoms with Crippen molar-refractivity contribution in [2.24, 2.45) is 11.8 Å². The highest BCUT2D eigenvalue weighted by molar-refractivity contribution is 4.74. The van der Waals surface area contributed by atoms with Crippen molar-refractivity contribution in [3.63, 3.8) is 0 Å². The number of hydrogen-bond acceptors (Lipinski definition) is 0. The molecule has 0 radical (unpaired) electrons. The summed E-state index contributed by atoms with van der Waals surface area (Å²) in [5.74, 6) is 1.04. The highest BCUT2D eigenvalue weighted by atomic mass is 19.1. The third-order valence-corrected chi connectivity index (χ3v) is 2.83. The van der Waals surface area contributed by atoms with Gasteiger partial charge in [-0.25, -0.2) is 6.57 Å². The Balaban J connectivity index is 2.14. The average molecular weight is 169 g/mol. The minimum atomic E-state index is -0.143. The quantitative estimate of drug-likeness (QED) is 0.572. The van der Waals surface area contributed by atoms with Crippen LogP contribution < -0.4 is 0 Å². The van der Waals surface area contributed by atoms with Crippen molar-refractivity contribution in [2.45, 2.75) is 32.1 Å². The van der Waals surface area contributed by atoms with E-state index in [0.29, 0.717) is 18.4 Å². The van der Waals surface area contributed by atoms with Crippen molar-refractivity contribution in [1.82, 2.24) is 0 Å². The van der Waals surface area contributed by atoms with Gasteiger partial charge in [-0.1, -0.05) is 0 Å². The SMILES string of the molecule is [C-]#[N+]CCC1CCC(CF)CC1. The minimum absolute atomic E-state index is 0.143. The Bertz CT molecular complexity index is 154. The Morgan fingerprint density at radius 3 is 2.25 bits per heavy atom. The molecule has 1 aliphatic carbocycles. The molecule has 0 atom stereocenters. The zero-order valence-electron chi connectivity index (χ0n) is 7.43. The van der Waals surface area contributed by atoms with E-state index in [-0.39, 0.29) is 6.67 Å². The van der Waals surface area contributed by atoms with Gasteiger partial charge in [-0.3, -0.25) is 4.39 Å². The maximum Gasteiger partial charge on any atom is 0.214 e. The maximum absolute atomic E-state index is 12.2. The Hall–Kier alpha value is -0.580. The van der Waals surface area contributed by atoms with Crippen molar-refractivity contribution < 1.29 is 4.39 Å². The first kappa shape index (κ1) is 9.51. The summed E-state index contributed by atoms with van der Waals surface area (Å²) in [5, 5.41) is 0. The van der Waals surface area contributed by atoms with E-state index in [0.717, 1.165) is 32.1 Å². The van der Waals surface area contributed by atoms with E-state index in [2.05, 4.69) is 4.85 Å². The van der Waals surface area contributed by atoms with E-state index >= 15 is 0 Å². The third-order valence-electron chi connectivity index (χ3n) is 2.83. The standard InChI is InChI=1S/C10H16FN/c1-12-7-6-9-2-4-10(8-11)5-3-9/h9-10H,2-8H2. The molecular weight excluding hydrogens is 153 g/mol. The van der Waals surface area contributed by atoms with Gasteiger partial charge in [-0.05, 0) is 37.5 Å². The lowest BCUT2D eigenvalue weighted by Gasteiger charge is -2.25. The molecule has 12 heavy (non-hydrogen) atoms. The monoisotopic (exact) mass is 169 g/mol. The Kier molecular flexibility index (Phi) is 4.07. The number of alkyl halides is 1. The molecule has 2 heteroatoms. The smallest absolute Gasteiger partial charge is 0.214 e. The van der Waals surface area contributed by atoms with Crippen molar-refractivity contribution in [1.29, 1.82) is 0 Å². The fourth-order valence-electron chi connectivity index (χ4n) is 1.92. The van der Waals surface area contributed by atoms with Crippen LogP contribution in [0.1, 0.15) is 32.1 Å². The van der Waals surface area contributed by atoms with Gasteiger partial charge >= 0.3 is 0 Å². The van der Waals surface area contributed by atoms with Gasteiger partial charge in [-0.2, -0.15) is 0 Å². The van der Waals surface area contributed by atoms with Crippen molar-refractivity contribution in [2.75, 3.05) is 13.2 Å². The van der Waals surface area contributed by atoms with Crippen LogP contribution in [0.25, 0.3) is 4.85 Å². The van der Waals surface area contributed by atoms with Gasteiger partial charge in [0.15, 0.2) is 0 Å². The molecule has 68 valence electrons. The molecule has 0 N–H and O–H groups in total. The maximum atomic E-state index is 12.2. The molecular formula is C10H16FN. The van der Waals surface area contributed by atoms with Gasteiger partial charge in [0, 0.05) is 6.42 Å². The van der Waals surface area contributed by atoms with E-state index in [1.165, 1.54) is 0 Å². The van der Waals surface area contributed by atoms with Crippen LogP contribution in [-0.4, -0.2) is 13.2 Å². The molecule has 0 amide bonds. The lowest BCUT2D eigenvalue weighted by molar-refractivity contribution is 0.227. The minimum Gasteiger partial charge on any atom is -0.317 e. The van der Waals surface area contributed by atoms with Gasteiger partial charge < -0.3 is 4.85 Å². The number of nitrogens with zero attached hydrogens (tertiary/aromatic N) is 1. The van der Waals surface area contributed by atoms with Gasteiger partial charge in [0.25, 0.3) is 0 Å². The molecule has 0 bridgehead atoms. The van der Waals surface area contributed by atoms with Crippen molar-refractivity contribution in [3.05, 3.63) is 11.4 Å². The molecule has 1 saturated carbocycles. The van der Waals surface area contributed by atoms with E-state index in [9.17, 15) is 4.39 Å². The molecule has 0 aliphatic heterocycles. The lowest BCUT2D eigenvalue weighted by atomic mass is 9.81. The summed E-state index contributed by atoms with van der Waals surface area (Å²) >= 11 is 0. The number of rotatable bonds is 3. The molecule has 0 aromatic carbocycles. The molecule has 0 unspecified atom stereocenters. The average Bonchev–Trinajstić information content (AvgIpc) is 2.15. The number of hydrogen-bond donors (Lipinski definition) is 0. The molecule has 0 spiro atoms. The molecule has 0 heterocycles. The van der Waals surface area contributed by atoms with Crippen molar-refractivity contribution >= 4 is 0 Å². The fourth-order valence-corrected chi connectivity index (χ4v) is 1.92. The van der Waals surface area contributed by atoms with Gasteiger partial charge in [0.1, 0.15) is 0 Å². The summed E-state index contributed by atoms with van der Waals surface area (Å²) in [7, 11) is 0. The zero-order valence-corrected chi connectivity index (χ0v) is 7.43. The predicted molar refractivity (Wildman–Crippen MR) is 47.5 cm³/mol. The Morgan fingerprint density at radius 2 is 1.75 bits per heavy atom. The molecule has 1 rings (SSSR count). The Morgan fingerprint density at radius 1 is 1.17 bits per heavy atom. The molecule has 0 aromatic heterocycles. The highest BCUT2D eigenvalue weighted by Crippen LogP contribution is 2.30. The second-order valence-electron chi connectivity index (χ2n) is 3.71. The molecule has 0 aromatic rings. The van der Waals surface area contributed by atoms with Crippen LogP contribution in [0.4, 0.5) is 4.39 Å². The first-order valence-corrected chi connectivity index (χ1v) is 4.76. The molecule has 0 saturated heterocycles. The summed E-state index contributed by atoms with van der Waals surface area (Å²) in [5.41, 5.74) is 0. The largest absolute Gasteiger partial charge is 0.317 e. The van der Waals surface area contributed by atoms with Gasteiger partial charge in [0.05, 0.1) is 6.67 Å². The topological polar surface area (TPSA) is 4.36 Å². The van der Waals surface area contributed by atoms with Gasteiger partial charge in [0.2, 0.25) is 6.54 Å². The van der Waals surface area contributed by atoms with Gasteiger partial charge in [-0.15, -0.1) is 0 Å². The van der Waals surface area contributed by atoms with Crippen LogP contribution in [0.15, 0.2) is 0 Å². The molecule has 1 fully saturated rings. The second kappa shape index (κ2) is 5.13. The molecule has 1 nitrogen and oxygen atoms in total. The summed E-state index contributed by atoms with van der Waals surface area (Å²) in [6.07, 6.45) is 5.40. The lowest BCUT2D eigenvalue weighted by Crippen LogP contribution is -2.16. The van der Waals surface area contributed by atoms with E-state index < -0.39 is 0 Å².